The van der Waals surface area contributed by atoms with E-state index in [0.29, 0.717) is 5.69 Å². The number of carbonyl (C=O) groups is 1. The van der Waals surface area contributed by atoms with Gasteiger partial charge in [-0.2, -0.15) is 0 Å². The van der Waals surface area contributed by atoms with E-state index < -0.39 is 10.0 Å². The van der Waals surface area contributed by atoms with Gasteiger partial charge in [-0.1, -0.05) is 6.07 Å². The highest BCUT2D eigenvalue weighted by Gasteiger charge is 2.30. The van der Waals surface area contributed by atoms with Crippen molar-refractivity contribution < 1.29 is 17.9 Å². The second-order valence-electron chi connectivity index (χ2n) is 6.64. The fourth-order valence-corrected chi connectivity index (χ4v) is 4.36. The topological polar surface area (TPSA) is 102 Å². The minimum Gasteiger partial charge on any atom is -0.495 e. The van der Waals surface area contributed by atoms with Crippen molar-refractivity contribution >= 4 is 21.6 Å². The molecule has 1 fully saturated rings. The molecule has 4 rings (SSSR count). The number of carbonyl (C=O) groups excluding carboxylic acids is 1. The van der Waals surface area contributed by atoms with E-state index in [1.807, 2.05) is 35.0 Å². The van der Waals surface area contributed by atoms with Gasteiger partial charge >= 0.3 is 0 Å². The number of pyridine rings is 1. The van der Waals surface area contributed by atoms with E-state index in [4.69, 9.17) is 4.74 Å². The number of hydrogen-bond acceptors (Lipinski definition) is 5. The van der Waals surface area contributed by atoms with Gasteiger partial charge in [-0.05, 0) is 43.2 Å². The predicted molar refractivity (Wildman–Crippen MR) is 103 cm³/mol. The molecule has 146 valence electrons. The fraction of sp³-hybridized carbons (Fsp3) is 0.263. The highest BCUT2D eigenvalue weighted by molar-refractivity contribution is 7.89. The van der Waals surface area contributed by atoms with Crippen molar-refractivity contribution in [2.24, 2.45) is 0 Å². The van der Waals surface area contributed by atoms with Crippen LogP contribution in [0, 0.1) is 0 Å². The molecule has 0 spiro atoms. The summed E-state index contributed by atoms with van der Waals surface area (Å²) in [6, 6.07) is 9.98. The van der Waals surface area contributed by atoms with Gasteiger partial charge in [0.2, 0.25) is 10.0 Å². The van der Waals surface area contributed by atoms with E-state index in [1.165, 1.54) is 25.3 Å². The number of ether oxygens (including phenoxy) is 1. The van der Waals surface area contributed by atoms with Crippen LogP contribution in [0.2, 0.25) is 0 Å². The quantitative estimate of drug-likeness (QED) is 0.629. The summed E-state index contributed by atoms with van der Waals surface area (Å²) in [4.78, 5) is 16.9. The Balaban J connectivity index is 1.52. The minimum atomic E-state index is -3.75. The molecule has 3 aromatic rings. The number of benzene rings is 1. The normalized spacial score (nSPS) is 14.2. The largest absolute Gasteiger partial charge is 0.495 e. The summed E-state index contributed by atoms with van der Waals surface area (Å²) in [7, 11) is -2.35. The third-order valence-electron chi connectivity index (χ3n) is 4.46. The van der Waals surface area contributed by atoms with Gasteiger partial charge in [0.25, 0.3) is 5.91 Å². The molecular weight excluding hydrogens is 380 g/mol. The molecule has 2 aromatic heterocycles. The molecule has 0 bridgehead atoms. The van der Waals surface area contributed by atoms with E-state index in [-0.39, 0.29) is 34.7 Å². The van der Waals surface area contributed by atoms with Crippen molar-refractivity contribution in [2.75, 3.05) is 7.11 Å². The van der Waals surface area contributed by atoms with Crippen LogP contribution in [0.5, 0.6) is 5.75 Å². The van der Waals surface area contributed by atoms with Crippen molar-refractivity contribution in [3.8, 4) is 5.75 Å². The average Bonchev–Trinajstić information content (AvgIpc) is 3.39. The van der Waals surface area contributed by atoms with Crippen LogP contribution in [0.3, 0.4) is 0 Å². The zero-order valence-corrected chi connectivity index (χ0v) is 16.1. The van der Waals surface area contributed by atoms with Crippen LogP contribution in [0.15, 0.2) is 53.7 Å². The van der Waals surface area contributed by atoms with Crippen LogP contribution >= 0.6 is 0 Å². The highest BCUT2D eigenvalue weighted by atomic mass is 32.2. The average molecular weight is 400 g/mol. The van der Waals surface area contributed by atoms with E-state index in [2.05, 4.69) is 15.0 Å². The van der Waals surface area contributed by atoms with Crippen molar-refractivity contribution in [2.45, 2.75) is 30.3 Å². The van der Waals surface area contributed by atoms with Crippen molar-refractivity contribution in [1.29, 1.82) is 0 Å². The third kappa shape index (κ3) is 3.85. The maximum Gasteiger partial charge on any atom is 0.251 e. The number of aromatic nitrogens is 2. The molecule has 0 saturated heterocycles. The molecule has 0 unspecified atom stereocenters. The lowest BCUT2D eigenvalue weighted by Gasteiger charge is -2.12. The van der Waals surface area contributed by atoms with E-state index in [9.17, 15) is 13.2 Å². The number of sulfonamides is 1. The van der Waals surface area contributed by atoms with Crippen LogP contribution < -0.4 is 14.8 Å². The van der Waals surface area contributed by atoms with Crippen LogP contribution in [-0.2, 0) is 16.6 Å². The third-order valence-corrected chi connectivity index (χ3v) is 6.00. The van der Waals surface area contributed by atoms with Crippen LogP contribution in [-0.4, -0.2) is 36.9 Å². The maximum atomic E-state index is 12.6. The Bertz CT molecular complexity index is 1100. The number of hydrogen-bond donors (Lipinski definition) is 2. The molecule has 1 amide bonds. The van der Waals surface area contributed by atoms with E-state index in [0.717, 1.165) is 18.5 Å². The summed E-state index contributed by atoms with van der Waals surface area (Å²) in [6.45, 7) is 0.231. The number of methoxy groups -OCH3 is 1. The first-order valence-corrected chi connectivity index (χ1v) is 10.4. The molecule has 2 N–H and O–H groups in total. The standard InChI is InChI=1S/C19H20N4O4S/c1-27-16-8-5-13(10-17(16)28(25,26)22-14-6-7-14)19(24)20-11-15-12-23-9-3-2-4-18(23)21-15/h2-5,8-10,12,14,22H,6-7,11H2,1H3,(H,20,24). The number of nitrogens with one attached hydrogen (secondary N) is 2. The Kier molecular flexibility index (Phi) is 4.78. The van der Waals surface area contributed by atoms with Crippen LogP contribution in [0.1, 0.15) is 28.9 Å². The second kappa shape index (κ2) is 7.25. The Morgan fingerprint density at radius 2 is 2.11 bits per heavy atom. The molecule has 28 heavy (non-hydrogen) atoms. The summed E-state index contributed by atoms with van der Waals surface area (Å²) < 4.78 is 34.8. The predicted octanol–water partition coefficient (Wildman–Crippen LogP) is 1.71. The van der Waals surface area contributed by atoms with E-state index >= 15 is 0 Å². The summed E-state index contributed by atoms with van der Waals surface area (Å²) in [5, 5.41) is 2.77. The smallest absolute Gasteiger partial charge is 0.251 e. The van der Waals surface area contributed by atoms with Gasteiger partial charge < -0.3 is 14.5 Å². The number of rotatable bonds is 7. The highest BCUT2D eigenvalue weighted by Crippen LogP contribution is 2.28. The summed E-state index contributed by atoms with van der Waals surface area (Å²) in [5.41, 5.74) is 1.73. The molecule has 9 heteroatoms. The first kappa shape index (κ1) is 18.5. The van der Waals surface area contributed by atoms with Gasteiger partial charge in [-0.25, -0.2) is 18.1 Å². The molecule has 2 heterocycles. The SMILES string of the molecule is COc1ccc(C(=O)NCc2cn3ccccc3n2)cc1S(=O)(=O)NC1CC1. The Morgan fingerprint density at radius 3 is 2.82 bits per heavy atom. The Morgan fingerprint density at radius 1 is 1.29 bits per heavy atom. The number of amides is 1. The number of nitrogens with zero attached hydrogens (tertiary/aromatic N) is 2. The first-order valence-electron chi connectivity index (χ1n) is 8.87. The van der Waals surface area contributed by atoms with Gasteiger partial charge in [0.15, 0.2) is 0 Å². The molecule has 1 aliphatic rings. The van der Waals surface area contributed by atoms with Crippen molar-refractivity contribution in [3.63, 3.8) is 0 Å². The molecule has 0 radical (unpaired) electrons. The molecular formula is C19H20N4O4S. The van der Waals surface area contributed by atoms with Gasteiger partial charge in [-0.3, -0.25) is 4.79 Å². The molecule has 0 atom stereocenters. The van der Waals surface area contributed by atoms with Crippen LogP contribution in [0.25, 0.3) is 5.65 Å². The monoisotopic (exact) mass is 400 g/mol. The summed E-state index contributed by atoms with van der Waals surface area (Å²) >= 11 is 0. The zero-order valence-electron chi connectivity index (χ0n) is 15.3. The van der Waals surface area contributed by atoms with Crippen molar-refractivity contribution in [1.82, 2.24) is 19.4 Å². The molecule has 1 aliphatic carbocycles. The fourth-order valence-electron chi connectivity index (χ4n) is 2.86. The Labute approximate surface area is 162 Å². The Hall–Kier alpha value is -2.91. The molecule has 1 saturated carbocycles. The summed E-state index contributed by atoms with van der Waals surface area (Å²) in [5.74, 6) is -0.187. The zero-order chi connectivity index (χ0) is 19.7. The van der Waals surface area contributed by atoms with Gasteiger partial charge in [-0.15, -0.1) is 0 Å². The molecule has 8 nitrogen and oxygen atoms in total. The molecule has 1 aromatic carbocycles. The van der Waals surface area contributed by atoms with Gasteiger partial charge in [0.1, 0.15) is 16.3 Å². The van der Waals surface area contributed by atoms with Crippen molar-refractivity contribution in [3.05, 3.63) is 60.0 Å². The van der Waals surface area contributed by atoms with Gasteiger partial charge in [0.05, 0.1) is 19.3 Å². The lowest BCUT2D eigenvalue weighted by atomic mass is 10.2. The minimum absolute atomic E-state index is 0.0396. The maximum absolute atomic E-state index is 12.6. The molecule has 0 aliphatic heterocycles. The first-order chi connectivity index (χ1) is 13.5. The summed E-state index contributed by atoms with van der Waals surface area (Å²) in [6.07, 6.45) is 5.35. The van der Waals surface area contributed by atoms with E-state index in [1.54, 1.807) is 0 Å². The number of fused-ring (bicyclic) bond motifs is 1. The lowest BCUT2D eigenvalue weighted by molar-refractivity contribution is 0.0950. The number of imidazole rings is 1. The van der Waals surface area contributed by atoms with Gasteiger partial charge in [0, 0.05) is 24.0 Å². The lowest BCUT2D eigenvalue weighted by Crippen LogP contribution is -2.27. The second-order valence-corrected chi connectivity index (χ2v) is 8.32. The van der Waals surface area contributed by atoms with Crippen LogP contribution in [0.4, 0.5) is 0 Å².